The average molecular weight is 647 g/mol. The van der Waals surface area contributed by atoms with Crippen LogP contribution in [0, 0.1) is 34.0 Å². The van der Waals surface area contributed by atoms with Crippen LogP contribution in [-0.4, -0.2) is 0 Å². The summed E-state index contributed by atoms with van der Waals surface area (Å²) in [5.41, 5.74) is 1.14. The van der Waals surface area contributed by atoms with Gasteiger partial charge in [-0.2, -0.15) is 15.8 Å². The minimum atomic E-state index is -0.370. The Morgan fingerprint density at radius 1 is 0.478 bits per heavy atom. The predicted octanol–water partition coefficient (Wildman–Crippen LogP) is 11.1. The number of rotatable bonds is 8. The zero-order valence-corrected chi connectivity index (χ0v) is 26.5. The normalized spacial score (nSPS) is 10.7. The van der Waals surface area contributed by atoms with Crippen LogP contribution < -0.4 is 18.9 Å². The first kappa shape index (κ1) is 31.8. The Bertz CT molecular complexity index is 2050. The summed E-state index contributed by atoms with van der Waals surface area (Å²) in [7, 11) is 0. The molecule has 0 aromatic heterocycles. The molecule has 5 rings (SSSR count). The Kier molecular flexibility index (Phi) is 9.36. The van der Waals surface area contributed by atoms with E-state index in [1.165, 1.54) is 0 Å². The van der Waals surface area contributed by atoms with Gasteiger partial charge in [0.2, 0.25) is 0 Å². The van der Waals surface area contributed by atoms with Crippen LogP contribution in [0.15, 0.2) is 97.1 Å². The van der Waals surface area contributed by atoms with E-state index < -0.39 is 0 Å². The second-order valence-corrected chi connectivity index (χ2v) is 11.8. The van der Waals surface area contributed by atoms with Gasteiger partial charge in [0.25, 0.3) is 0 Å². The van der Waals surface area contributed by atoms with Crippen molar-refractivity contribution in [3.05, 3.63) is 129 Å². The Hall–Kier alpha value is -5.65. The van der Waals surface area contributed by atoms with Crippen molar-refractivity contribution in [2.45, 2.75) is 26.2 Å². The van der Waals surface area contributed by atoms with Crippen molar-refractivity contribution in [1.82, 2.24) is 0 Å². The Morgan fingerprint density at radius 3 is 1.33 bits per heavy atom. The summed E-state index contributed by atoms with van der Waals surface area (Å²) in [5, 5.41) is 29.7. The quantitative estimate of drug-likeness (QED) is 0.165. The number of nitrogens with zero attached hydrogens (tertiary/aromatic N) is 3. The van der Waals surface area contributed by atoms with Crippen molar-refractivity contribution >= 4 is 23.2 Å². The SMILES string of the molecule is CC(C)(C)c1cc(Oc2cccc(Cl)c2C#N)ccc1Oc1cccc(Oc2ccc(Oc3cccc(Cl)c3C#N)cc2)c1C#N. The van der Waals surface area contributed by atoms with Crippen molar-refractivity contribution in [3.63, 3.8) is 0 Å². The van der Waals surface area contributed by atoms with E-state index in [-0.39, 0.29) is 22.1 Å². The summed E-state index contributed by atoms with van der Waals surface area (Å²) in [6, 6.07) is 33.5. The molecule has 0 heterocycles. The molecule has 5 aromatic carbocycles. The first-order valence-corrected chi connectivity index (χ1v) is 14.7. The van der Waals surface area contributed by atoms with E-state index in [2.05, 4.69) is 12.1 Å². The zero-order valence-electron chi connectivity index (χ0n) is 25.0. The molecule has 0 N–H and O–H groups in total. The Balaban J connectivity index is 1.39. The predicted molar refractivity (Wildman–Crippen MR) is 175 cm³/mol. The molecule has 9 heteroatoms. The maximum Gasteiger partial charge on any atom is 0.149 e. The second-order valence-electron chi connectivity index (χ2n) is 11.0. The highest BCUT2D eigenvalue weighted by Crippen LogP contribution is 2.41. The maximum atomic E-state index is 10.1. The van der Waals surface area contributed by atoms with Gasteiger partial charge >= 0.3 is 0 Å². The van der Waals surface area contributed by atoms with Crippen LogP contribution in [-0.2, 0) is 5.41 Å². The molecule has 0 radical (unpaired) electrons. The molecule has 0 aliphatic carbocycles. The van der Waals surface area contributed by atoms with Gasteiger partial charge in [0.05, 0.1) is 10.0 Å². The van der Waals surface area contributed by atoms with Crippen LogP contribution in [0.1, 0.15) is 43.0 Å². The zero-order chi connectivity index (χ0) is 32.8. The molecule has 46 heavy (non-hydrogen) atoms. The molecule has 0 fully saturated rings. The molecule has 0 aliphatic heterocycles. The summed E-state index contributed by atoms with van der Waals surface area (Å²) in [6.07, 6.45) is 0. The third-order valence-corrected chi connectivity index (χ3v) is 7.39. The molecule has 0 spiro atoms. The molecule has 0 aliphatic rings. The van der Waals surface area contributed by atoms with Crippen molar-refractivity contribution in [2.75, 3.05) is 0 Å². The van der Waals surface area contributed by atoms with E-state index in [9.17, 15) is 15.8 Å². The summed E-state index contributed by atoms with van der Waals surface area (Å²) in [5.74, 6) is 3.26. The molecule has 0 bridgehead atoms. The fourth-order valence-corrected chi connectivity index (χ4v) is 4.93. The third-order valence-electron chi connectivity index (χ3n) is 6.76. The van der Waals surface area contributed by atoms with Crippen molar-refractivity contribution in [3.8, 4) is 64.2 Å². The molecular weight excluding hydrogens is 621 g/mol. The first-order chi connectivity index (χ1) is 22.1. The third kappa shape index (κ3) is 7.01. The van der Waals surface area contributed by atoms with E-state index in [0.717, 1.165) is 5.56 Å². The summed E-state index contributed by atoms with van der Waals surface area (Å²) >= 11 is 12.3. The van der Waals surface area contributed by atoms with Crippen LogP contribution in [0.4, 0.5) is 0 Å². The molecule has 0 unspecified atom stereocenters. The molecule has 0 amide bonds. The van der Waals surface area contributed by atoms with Gasteiger partial charge in [-0.15, -0.1) is 0 Å². The molecule has 226 valence electrons. The highest BCUT2D eigenvalue weighted by atomic mass is 35.5. The minimum Gasteiger partial charge on any atom is -0.456 e. The monoisotopic (exact) mass is 645 g/mol. The van der Waals surface area contributed by atoms with Gasteiger partial charge in [-0.25, -0.2) is 0 Å². The van der Waals surface area contributed by atoms with Crippen molar-refractivity contribution in [2.24, 2.45) is 0 Å². The standard InChI is InChI=1S/C37H25Cl2N3O4/c1-37(2,3)29-19-25(45-33-10-5-8-31(39)27(33)21-41)17-18-36(29)46-35-12-6-11-34(28(35)22-42)44-24-15-13-23(14-16-24)43-32-9-4-7-30(38)26(32)20-40/h4-19H,1-3H3. The molecule has 7 nitrogen and oxygen atoms in total. The Labute approximate surface area is 276 Å². The lowest BCUT2D eigenvalue weighted by molar-refractivity contribution is 0.436. The van der Waals surface area contributed by atoms with Gasteiger partial charge in [-0.3, -0.25) is 0 Å². The lowest BCUT2D eigenvalue weighted by Crippen LogP contribution is -2.13. The van der Waals surface area contributed by atoms with E-state index >= 15 is 0 Å². The maximum absolute atomic E-state index is 10.1. The average Bonchev–Trinajstić information content (AvgIpc) is 3.03. The number of nitriles is 3. The molecule has 5 aromatic rings. The number of hydrogen-bond acceptors (Lipinski definition) is 7. The van der Waals surface area contributed by atoms with Gasteiger partial charge in [-0.05, 0) is 84.3 Å². The first-order valence-electron chi connectivity index (χ1n) is 14.0. The fourth-order valence-electron chi connectivity index (χ4n) is 4.51. The summed E-state index contributed by atoms with van der Waals surface area (Å²) < 4.78 is 24.3. The van der Waals surface area contributed by atoms with Crippen molar-refractivity contribution < 1.29 is 18.9 Å². The molecule has 0 saturated carbocycles. The van der Waals surface area contributed by atoms with Crippen LogP contribution in [0.25, 0.3) is 0 Å². The molecule has 0 saturated heterocycles. The smallest absolute Gasteiger partial charge is 0.149 e. The minimum absolute atomic E-state index is 0.207. The van der Waals surface area contributed by atoms with Gasteiger partial charge in [-0.1, -0.05) is 62.2 Å². The Morgan fingerprint density at radius 2 is 0.870 bits per heavy atom. The number of halogens is 2. The number of ether oxygens (including phenoxy) is 4. The lowest BCUT2D eigenvalue weighted by Gasteiger charge is -2.24. The van der Waals surface area contributed by atoms with Crippen LogP contribution in [0.3, 0.4) is 0 Å². The summed E-state index contributed by atoms with van der Waals surface area (Å²) in [6.45, 7) is 6.10. The van der Waals surface area contributed by atoms with Gasteiger partial charge < -0.3 is 18.9 Å². The lowest BCUT2D eigenvalue weighted by atomic mass is 9.86. The number of hydrogen-bond donors (Lipinski definition) is 0. The second kappa shape index (κ2) is 13.6. The highest BCUT2D eigenvalue weighted by molar-refractivity contribution is 6.32. The molecular formula is C37H25Cl2N3O4. The van der Waals surface area contributed by atoms with Gasteiger partial charge in [0.15, 0.2) is 0 Å². The van der Waals surface area contributed by atoms with Gasteiger partial charge in [0.1, 0.15) is 80.9 Å². The highest BCUT2D eigenvalue weighted by Gasteiger charge is 2.23. The number of benzene rings is 5. The van der Waals surface area contributed by atoms with E-state index in [4.69, 9.17) is 42.1 Å². The topological polar surface area (TPSA) is 108 Å². The van der Waals surface area contributed by atoms with Crippen LogP contribution in [0.2, 0.25) is 10.0 Å². The largest absolute Gasteiger partial charge is 0.456 e. The van der Waals surface area contributed by atoms with Crippen LogP contribution in [0.5, 0.6) is 46.0 Å². The van der Waals surface area contributed by atoms with E-state index in [1.54, 1.807) is 91.0 Å². The fraction of sp³-hybridized carbons (Fsp3) is 0.108. The van der Waals surface area contributed by atoms with E-state index in [1.807, 2.05) is 32.9 Å². The van der Waals surface area contributed by atoms with Gasteiger partial charge in [0, 0.05) is 5.56 Å². The summed E-state index contributed by atoms with van der Waals surface area (Å²) in [4.78, 5) is 0. The van der Waals surface area contributed by atoms with Crippen LogP contribution >= 0.6 is 23.2 Å². The van der Waals surface area contributed by atoms with Crippen molar-refractivity contribution in [1.29, 1.82) is 15.8 Å². The molecule has 0 atom stereocenters. The van der Waals surface area contributed by atoms with E-state index in [0.29, 0.717) is 56.0 Å².